The van der Waals surface area contributed by atoms with Crippen molar-refractivity contribution < 1.29 is 4.42 Å². The van der Waals surface area contributed by atoms with Gasteiger partial charge in [-0.05, 0) is 62.2 Å². The van der Waals surface area contributed by atoms with Crippen molar-refractivity contribution in [2.75, 3.05) is 0 Å². The van der Waals surface area contributed by atoms with E-state index < -0.39 is 5.41 Å². The number of hydrogen-bond acceptors (Lipinski definition) is 1. The summed E-state index contributed by atoms with van der Waals surface area (Å²) in [7, 11) is 0. The Morgan fingerprint density at radius 3 is 1.73 bits per heavy atom. The molecule has 0 unspecified atom stereocenters. The zero-order valence-corrected chi connectivity index (χ0v) is 24.1. The molecule has 206 valence electrons. The van der Waals surface area contributed by atoms with E-state index in [0.717, 1.165) is 33.1 Å². The molecule has 0 fully saturated rings. The molecular formula is C43H28O. The van der Waals surface area contributed by atoms with Crippen LogP contribution in [0.1, 0.15) is 22.3 Å². The Morgan fingerprint density at radius 1 is 0.364 bits per heavy atom. The smallest absolute Gasteiger partial charge is 0.143 e. The van der Waals surface area contributed by atoms with E-state index >= 15 is 0 Å². The zero-order valence-electron chi connectivity index (χ0n) is 24.1. The lowest BCUT2D eigenvalue weighted by atomic mass is 9.67. The third-order valence-corrected chi connectivity index (χ3v) is 9.39. The Kier molecular flexibility index (Phi) is 5.48. The van der Waals surface area contributed by atoms with Crippen LogP contribution < -0.4 is 0 Å². The van der Waals surface area contributed by atoms with Crippen LogP contribution in [0.4, 0.5) is 0 Å². The Balaban J connectivity index is 1.28. The van der Waals surface area contributed by atoms with E-state index in [9.17, 15) is 0 Å². The quantitative estimate of drug-likeness (QED) is 0.209. The fraction of sp³-hybridized carbons (Fsp3) is 0.0233. The highest BCUT2D eigenvalue weighted by atomic mass is 16.3. The number of benzene rings is 7. The topological polar surface area (TPSA) is 13.1 Å². The summed E-state index contributed by atoms with van der Waals surface area (Å²) < 4.78 is 6.41. The second-order valence-electron chi connectivity index (χ2n) is 11.6. The van der Waals surface area contributed by atoms with Crippen molar-refractivity contribution >= 4 is 21.9 Å². The van der Waals surface area contributed by atoms with Crippen molar-refractivity contribution in [2.24, 2.45) is 0 Å². The largest absolute Gasteiger partial charge is 0.455 e. The van der Waals surface area contributed by atoms with Gasteiger partial charge in [-0.1, -0.05) is 158 Å². The van der Waals surface area contributed by atoms with E-state index in [1.54, 1.807) is 0 Å². The first-order chi connectivity index (χ1) is 21.8. The highest BCUT2D eigenvalue weighted by molar-refractivity contribution is 6.09. The average Bonchev–Trinajstić information content (AvgIpc) is 3.63. The van der Waals surface area contributed by atoms with Gasteiger partial charge in [-0.2, -0.15) is 0 Å². The molecule has 44 heavy (non-hydrogen) atoms. The molecule has 0 radical (unpaired) electrons. The van der Waals surface area contributed by atoms with E-state index in [-0.39, 0.29) is 0 Å². The van der Waals surface area contributed by atoms with Crippen LogP contribution in [0.25, 0.3) is 55.3 Å². The maximum absolute atomic E-state index is 6.41. The van der Waals surface area contributed by atoms with E-state index in [4.69, 9.17) is 4.42 Å². The molecule has 8 aromatic rings. The Morgan fingerprint density at radius 2 is 0.955 bits per heavy atom. The summed E-state index contributed by atoms with van der Waals surface area (Å²) in [6.45, 7) is 0. The predicted octanol–water partition coefficient (Wildman–Crippen LogP) is 11.3. The van der Waals surface area contributed by atoms with E-state index in [2.05, 4.69) is 158 Å². The van der Waals surface area contributed by atoms with Crippen molar-refractivity contribution in [1.82, 2.24) is 0 Å². The minimum atomic E-state index is -0.456. The van der Waals surface area contributed by atoms with Gasteiger partial charge < -0.3 is 4.42 Å². The Hall–Kier alpha value is -5.66. The van der Waals surface area contributed by atoms with Crippen LogP contribution in [0.3, 0.4) is 0 Å². The molecule has 1 aliphatic rings. The van der Waals surface area contributed by atoms with Crippen molar-refractivity contribution in [3.05, 3.63) is 192 Å². The summed E-state index contributed by atoms with van der Waals surface area (Å²) in [6.07, 6.45) is 0. The lowest BCUT2D eigenvalue weighted by Gasteiger charge is -2.34. The van der Waals surface area contributed by atoms with Crippen molar-refractivity contribution in [1.29, 1.82) is 0 Å². The molecule has 9 rings (SSSR count). The molecule has 0 aliphatic heterocycles. The molecule has 7 aromatic carbocycles. The summed E-state index contributed by atoms with van der Waals surface area (Å²) in [4.78, 5) is 0. The van der Waals surface area contributed by atoms with Crippen LogP contribution in [-0.2, 0) is 5.41 Å². The fourth-order valence-corrected chi connectivity index (χ4v) is 7.46. The van der Waals surface area contributed by atoms with Crippen LogP contribution in [0, 0.1) is 0 Å². The maximum Gasteiger partial charge on any atom is 0.143 e. The second-order valence-corrected chi connectivity index (χ2v) is 11.6. The standard InChI is InChI=1S/C43H28O/c1-2-12-29(13-3-1)31-14-10-15-33(28-31)43(39-21-7-4-16-35(39)36-17-5-8-22-40(36)43)32-26-24-30(25-27-32)34-19-11-20-38-37-18-6-9-23-41(37)44-42(34)38/h1-28H. The molecule has 1 aliphatic carbocycles. The van der Waals surface area contributed by atoms with Gasteiger partial charge in [-0.15, -0.1) is 0 Å². The zero-order chi connectivity index (χ0) is 29.1. The van der Waals surface area contributed by atoms with Gasteiger partial charge >= 0.3 is 0 Å². The minimum absolute atomic E-state index is 0.456. The molecule has 1 nitrogen and oxygen atoms in total. The van der Waals surface area contributed by atoms with Gasteiger partial charge in [0.25, 0.3) is 0 Å². The monoisotopic (exact) mass is 560 g/mol. The molecular weight excluding hydrogens is 532 g/mol. The molecule has 0 amide bonds. The molecule has 1 heteroatoms. The predicted molar refractivity (Wildman–Crippen MR) is 182 cm³/mol. The van der Waals surface area contributed by atoms with Crippen molar-refractivity contribution in [3.63, 3.8) is 0 Å². The number of hydrogen-bond donors (Lipinski definition) is 0. The van der Waals surface area contributed by atoms with Gasteiger partial charge in [0.05, 0.1) is 5.41 Å². The van der Waals surface area contributed by atoms with Gasteiger partial charge in [0.1, 0.15) is 11.2 Å². The summed E-state index contributed by atoms with van der Waals surface area (Å²) in [5.74, 6) is 0. The second kappa shape index (κ2) is 9.69. The van der Waals surface area contributed by atoms with E-state index in [1.807, 2.05) is 12.1 Å². The highest BCUT2D eigenvalue weighted by Gasteiger charge is 2.45. The average molecular weight is 561 g/mol. The molecule has 0 saturated carbocycles. The van der Waals surface area contributed by atoms with Crippen LogP contribution >= 0.6 is 0 Å². The van der Waals surface area contributed by atoms with Crippen LogP contribution in [0.2, 0.25) is 0 Å². The normalized spacial score (nSPS) is 13.2. The lowest BCUT2D eigenvalue weighted by molar-refractivity contribution is 0.670. The Labute approximate surface area is 256 Å². The maximum atomic E-state index is 6.41. The molecule has 1 aromatic heterocycles. The first kappa shape index (κ1) is 24.9. The third kappa shape index (κ3) is 3.53. The van der Waals surface area contributed by atoms with Crippen molar-refractivity contribution in [2.45, 2.75) is 5.41 Å². The molecule has 0 bridgehead atoms. The van der Waals surface area contributed by atoms with Crippen LogP contribution in [0.15, 0.2) is 174 Å². The highest BCUT2D eigenvalue weighted by Crippen LogP contribution is 2.56. The van der Waals surface area contributed by atoms with Gasteiger partial charge in [-0.3, -0.25) is 0 Å². The summed E-state index contributed by atoms with van der Waals surface area (Å²) >= 11 is 0. The van der Waals surface area contributed by atoms with Gasteiger partial charge in [0.15, 0.2) is 0 Å². The van der Waals surface area contributed by atoms with Crippen LogP contribution in [0.5, 0.6) is 0 Å². The van der Waals surface area contributed by atoms with Gasteiger partial charge in [-0.25, -0.2) is 0 Å². The van der Waals surface area contributed by atoms with Gasteiger partial charge in [0.2, 0.25) is 0 Å². The number of rotatable bonds is 4. The number of furan rings is 1. The third-order valence-electron chi connectivity index (χ3n) is 9.39. The SMILES string of the molecule is c1ccc(-c2cccc(C3(c4ccc(-c5cccc6c5oc5ccccc56)cc4)c4ccccc4-c4ccccc43)c2)cc1. The Bertz CT molecular complexity index is 2280. The van der Waals surface area contributed by atoms with E-state index in [0.29, 0.717) is 0 Å². The molecule has 0 saturated heterocycles. The lowest BCUT2D eigenvalue weighted by Crippen LogP contribution is -2.28. The molecule has 0 spiro atoms. The van der Waals surface area contributed by atoms with Gasteiger partial charge in [0, 0.05) is 16.3 Å². The summed E-state index contributed by atoms with van der Waals surface area (Å²) in [5, 5.41) is 2.30. The summed E-state index contributed by atoms with van der Waals surface area (Å²) in [6, 6.07) is 61.5. The molecule has 0 N–H and O–H groups in total. The number of para-hydroxylation sites is 2. The van der Waals surface area contributed by atoms with Crippen molar-refractivity contribution in [3.8, 4) is 33.4 Å². The first-order valence-electron chi connectivity index (χ1n) is 15.2. The summed E-state index contributed by atoms with van der Waals surface area (Å²) in [5.41, 5.74) is 13.8. The first-order valence-corrected chi connectivity index (χ1v) is 15.2. The van der Waals surface area contributed by atoms with Crippen LogP contribution in [-0.4, -0.2) is 0 Å². The number of fused-ring (bicyclic) bond motifs is 6. The fourth-order valence-electron chi connectivity index (χ4n) is 7.46. The van der Waals surface area contributed by atoms with E-state index in [1.165, 1.54) is 44.5 Å². The molecule has 1 heterocycles. The minimum Gasteiger partial charge on any atom is -0.455 e. The molecule has 0 atom stereocenters.